The van der Waals surface area contributed by atoms with E-state index in [9.17, 15) is 4.79 Å². The average molecular weight is 287 g/mol. The molecule has 4 nitrogen and oxygen atoms in total. The van der Waals surface area contributed by atoms with E-state index in [1.165, 1.54) is 5.56 Å². The smallest absolute Gasteiger partial charge is 0.304 e. The molecule has 0 bridgehead atoms. The molecule has 1 N–H and O–H groups in total. The van der Waals surface area contributed by atoms with Crippen LogP contribution in [0.1, 0.15) is 24.2 Å². The lowest BCUT2D eigenvalue weighted by Crippen LogP contribution is -2.27. The predicted octanol–water partition coefficient (Wildman–Crippen LogP) is 3.19. The van der Waals surface area contributed by atoms with Gasteiger partial charge in [-0.2, -0.15) is 0 Å². The number of furan rings is 1. The summed E-state index contributed by atoms with van der Waals surface area (Å²) >= 11 is 0. The summed E-state index contributed by atoms with van der Waals surface area (Å²) in [5, 5.41) is 8.84. The maximum absolute atomic E-state index is 10.8. The van der Waals surface area contributed by atoms with Crippen LogP contribution >= 0.6 is 0 Å². The molecule has 4 heteroatoms. The minimum Gasteiger partial charge on any atom is -0.481 e. The Hall–Kier alpha value is -2.07. The number of aryl methyl sites for hydroxylation is 1. The van der Waals surface area contributed by atoms with Crippen LogP contribution < -0.4 is 0 Å². The molecule has 2 rings (SSSR count). The lowest BCUT2D eigenvalue weighted by Gasteiger charge is -2.20. The third-order valence-corrected chi connectivity index (χ3v) is 3.38. The Morgan fingerprint density at radius 3 is 2.57 bits per heavy atom. The molecule has 0 radical (unpaired) electrons. The standard InChI is InChI=1S/C17H21NO3/c19-17(20)10-12-18(14-16-9-5-13-21-16)11-4-8-15-6-2-1-3-7-15/h1-3,5-7,9,13H,4,8,10-12,14H2,(H,19,20). The number of hydrogen-bond donors (Lipinski definition) is 1. The van der Waals surface area contributed by atoms with E-state index in [2.05, 4.69) is 17.0 Å². The van der Waals surface area contributed by atoms with Gasteiger partial charge in [-0.15, -0.1) is 0 Å². The highest BCUT2D eigenvalue weighted by Crippen LogP contribution is 2.09. The van der Waals surface area contributed by atoms with Crippen LogP contribution in [0.4, 0.5) is 0 Å². The van der Waals surface area contributed by atoms with Gasteiger partial charge in [-0.25, -0.2) is 0 Å². The fraction of sp³-hybridized carbons (Fsp3) is 0.353. The Kier molecular flexibility index (Phi) is 6.03. The van der Waals surface area contributed by atoms with Gasteiger partial charge in [0.1, 0.15) is 5.76 Å². The number of benzene rings is 1. The van der Waals surface area contributed by atoms with Crippen molar-refractivity contribution in [1.29, 1.82) is 0 Å². The zero-order valence-electron chi connectivity index (χ0n) is 12.1. The van der Waals surface area contributed by atoms with Gasteiger partial charge in [0.25, 0.3) is 0 Å². The first-order valence-electron chi connectivity index (χ1n) is 7.24. The Morgan fingerprint density at radius 2 is 1.90 bits per heavy atom. The first kappa shape index (κ1) is 15.3. The van der Waals surface area contributed by atoms with Crippen molar-refractivity contribution in [3.63, 3.8) is 0 Å². The van der Waals surface area contributed by atoms with Crippen molar-refractivity contribution in [3.8, 4) is 0 Å². The fourth-order valence-electron chi connectivity index (χ4n) is 2.30. The normalized spacial score (nSPS) is 10.9. The van der Waals surface area contributed by atoms with Crippen LogP contribution in [-0.4, -0.2) is 29.1 Å². The molecule has 0 atom stereocenters. The van der Waals surface area contributed by atoms with Crippen LogP contribution in [0.25, 0.3) is 0 Å². The second-order valence-corrected chi connectivity index (χ2v) is 5.09. The third-order valence-electron chi connectivity index (χ3n) is 3.38. The Labute approximate surface area is 125 Å². The number of aliphatic carboxylic acids is 1. The van der Waals surface area contributed by atoms with E-state index in [0.29, 0.717) is 13.1 Å². The summed E-state index contributed by atoms with van der Waals surface area (Å²) in [6.07, 6.45) is 3.81. The van der Waals surface area contributed by atoms with Crippen molar-refractivity contribution >= 4 is 5.97 Å². The molecule has 0 aliphatic heterocycles. The molecule has 1 aromatic carbocycles. The molecule has 0 saturated carbocycles. The fourth-order valence-corrected chi connectivity index (χ4v) is 2.30. The molecule has 0 aliphatic rings. The van der Waals surface area contributed by atoms with E-state index in [-0.39, 0.29) is 6.42 Å². The maximum Gasteiger partial charge on any atom is 0.304 e. The number of carboxylic acids is 1. The number of rotatable bonds is 9. The summed E-state index contributed by atoms with van der Waals surface area (Å²) in [5.74, 6) is 0.114. The van der Waals surface area contributed by atoms with Gasteiger partial charge in [0.15, 0.2) is 0 Å². The van der Waals surface area contributed by atoms with Crippen LogP contribution in [-0.2, 0) is 17.8 Å². The lowest BCUT2D eigenvalue weighted by atomic mass is 10.1. The first-order chi connectivity index (χ1) is 10.2. The Bertz CT molecular complexity index is 522. The third kappa shape index (κ3) is 5.83. The maximum atomic E-state index is 10.8. The van der Waals surface area contributed by atoms with Gasteiger partial charge in [-0.3, -0.25) is 9.69 Å². The first-order valence-corrected chi connectivity index (χ1v) is 7.24. The monoisotopic (exact) mass is 287 g/mol. The summed E-state index contributed by atoms with van der Waals surface area (Å²) in [4.78, 5) is 12.9. The lowest BCUT2D eigenvalue weighted by molar-refractivity contribution is -0.137. The predicted molar refractivity (Wildman–Crippen MR) is 81.0 cm³/mol. The average Bonchev–Trinajstić information content (AvgIpc) is 2.98. The van der Waals surface area contributed by atoms with Gasteiger partial charge >= 0.3 is 5.97 Å². The highest BCUT2D eigenvalue weighted by atomic mass is 16.4. The molecule has 21 heavy (non-hydrogen) atoms. The number of carboxylic acid groups (broad SMARTS) is 1. The highest BCUT2D eigenvalue weighted by Gasteiger charge is 2.10. The van der Waals surface area contributed by atoms with Crippen LogP contribution in [0, 0.1) is 0 Å². The van der Waals surface area contributed by atoms with E-state index in [0.717, 1.165) is 25.1 Å². The molecule has 1 aromatic heterocycles. The molecule has 0 amide bonds. The van der Waals surface area contributed by atoms with Crippen molar-refractivity contribution in [3.05, 3.63) is 60.1 Å². The molecule has 112 valence electrons. The van der Waals surface area contributed by atoms with Gasteiger partial charge in [0.2, 0.25) is 0 Å². The van der Waals surface area contributed by atoms with Crippen LogP contribution in [0.3, 0.4) is 0 Å². The molecular formula is C17H21NO3. The minimum absolute atomic E-state index is 0.159. The number of carbonyl (C=O) groups is 1. The summed E-state index contributed by atoms with van der Waals surface area (Å²) in [5.41, 5.74) is 1.31. The highest BCUT2D eigenvalue weighted by molar-refractivity contribution is 5.66. The van der Waals surface area contributed by atoms with Crippen molar-refractivity contribution in [1.82, 2.24) is 4.90 Å². The zero-order chi connectivity index (χ0) is 14.9. The Morgan fingerprint density at radius 1 is 1.10 bits per heavy atom. The topological polar surface area (TPSA) is 53.7 Å². The van der Waals surface area contributed by atoms with Gasteiger partial charge in [0.05, 0.1) is 19.2 Å². The van der Waals surface area contributed by atoms with Crippen molar-refractivity contribution in [2.75, 3.05) is 13.1 Å². The Balaban J connectivity index is 1.81. The second kappa shape index (κ2) is 8.27. The van der Waals surface area contributed by atoms with E-state index in [1.54, 1.807) is 6.26 Å². The SMILES string of the molecule is O=C(O)CCN(CCCc1ccccc1)Cc1ccco1. The van der Waals surface area contributed by atoms with Crippen molar-refractivity contribution < 1.29 is 14.3 Å². The van der Waals surface area contributed by atoms with Gasteiger partial charge < -0.3 is 9.52 Å². The largest absolute Gasteiger partial charge is 0.481 e. The van der Waals surface area contributed by atoms with E-state index < -0.39 is 5.97 Å². The molecule has 0 unspecified atom stereocenters. The van der Waals surface area contributed by atoms with Gasteiger partial charge in [-0.1, -0.05) is 30.3 Å². The zero-order valence-corrected chi connectivity index (χ0v) is 12.1. The minimum atomic E-state index is -0.762. The van der Waals surface area contributed by atoms with Crippen molar-refractivity contribution in [2.24, 2.45) is 0 Å². The number of nitrogens with zero attached hydrogens (tertiary/aromatic N) is 1. The number of hydrogen-bond acceptors (Lipinski definition) is 3. The second-order valence-electron chi connectivity index (χ2n) is 5.09. The summed E-state index contributed by atoms with van der Waals surface area (Å²) < 4.78 is 5.35. The summed E-state index contributed by atoms with van der Waals surface area (Å²) in [6, 6.07) is 14.1. The van der Waals surface area contributed by atoms with Crippen LogP contribution in [0.2, 0.25) is 0 Å². The molecule has 0 aliphatic carbocycles. The van der Waals surface area contributed by atoms with E-state index in [1.807, 2.05) is 30.3 Å². The van der Waals surface area contributed by atoms with Crippen LogP contribution in [0.5, 0.6) is 0 Å². The molecule has 0 fully saturated rings. The summed E-state index contributed by atoms with van der Waals surface area (Å²) in [6.45, 7) is 2.07. The molecule has 1 heterocycles. The van der Waals surface area contributed by atoms with Crippen LogP contribution in [0.15, 0.2) is 53.1 Å². The molecule has 0 spiro atoms. The van der Waals surface area contributed by atoms with Gasteiger partial charge in [0, 0.05) is 6.54 Å². The quantitative estimate of drug-likeness (QED) is 0.769. The summed E-state index contributed by atoms with van der Waals surface area (Å²) in [7, 11) is 0. The molecule has 0 saturated heterocycles. The van der Waals surface area contributed by atoms with E-state index >= 15 is 0 Å². The van der Waals surface area contributed by atoms with Gasteiger partial charge in [-0.05, 0) is 37.1 Å². The molecular weight excluding hydrogens is 266 g/mol. The van der Waals surface area contributed by atoms with Crippen molar-refractivity contribution in [2.45, 2.75) is 25.8 Å². The van der Waals surface area contributed by atoms with E-state index in [4.69, 9.17) is 9.52 Å². The molecule has 2 aromatic rings.